The number of amides is 2. The van der Waals surface area contributed by atoms with Gasteiger partial charge in [-0.25, -0.2) is 4.98 Å². The number of phenolic OH excluding ortho intramolecular Hbond substituents is 1. The molecule has 0 atom stereocenters. The van der Waals surface area contributed by atoms with Crippen molar-refractivity contribution in [1.29, 1.82) is 0 Å². The van der Waals surface area contributed by atoms with E-state index in [-0.39, 0.29) is 17.6 Å². The van der Waals surface area contributed by atoms with Crippen LogP contribution in [0.5, 0.6) is 5.75 Å². The van der Waals surface area contributed by atoms with E-state index < -0.39 is 0 Å². The molecule has 162 valence electrons. The van der Waals surface area contributed by atoms with Gasteiger partial charge < -0.3 is 19.3 Å². The van der Waals surface area contributed by atoms with Crippen LogP contribution in [0.25, 0.3) is 22.3 Å². The number of nitrogens with one attached hydrogen (secondary N) is 1. The second-order valence-corrected chi connectivity index (χ2v) is 7.73. The van der Waals surface area contributed by atoms with Crippen molar-refractivity contribution in [3.63, 3.8) is 0 Å². The Hall–Kier alpha value is -4.14. The van der Waals surface area contributed by atoms with Crippen LogP contribution in [-0.4, -0.2) is 68.1 Å². The van der Waals surface area contributed by atoms with Crippen LogP contribution in [0.3, 0.4) is 0 Å². The lowest BCUT2D eigenvalue weighted by Gasteiger charge is -2.34. The molecule has 9 nitrogen and oxygen atoms in total. The molecule has 1 aliphatic rings. The first kappa shape index (κ1) is 19.8. The molecule has 4 heterocycles. The van der Waals surface area contributed by atoms with E-state index in [1.54, 1.807) is 46.2 Å². The van der Waals surface area contributed by atoms with E-state index in [1.165, 1.54) is 12.5 Å². The van der Waals surface area contributed by atoms with Gasteiger partial charge in [-0.2, -0.15) is 5.10 Å². The number of rotatable bonds is 3. The number of piperazine rings is 1. The predicted molar refractivity (Wildman–Crippen MR) is 116 cm³/mol. The molecular weight excluding hydrogens is 410 g/mol. The molecule has 0 radical (unpaired) electrons. The van der Waals surface area contributed by atoms with E-state index >= 15 is 0 Å². The van der Waals surface area contributed by atoms with Crippen LogP contribution in [-0.2, 0) is 0 Å². The highest BCUT2D eigenvalue weighted by Crippen LogP contribution is 2.28. The molecule has 3 aromatic heterocycles. The Labute approximate surface area is 183 Å². The number of pyridine rings is 1. The minimum Gasteiger partial charge on any atom is -0.508 e. The highest BCUT2D eigenvalue weighted by Gasteiger charge is 2.28. The zero-order chi connectivity index (χ0) is 22.2. The van der Waals surface area contributed by atoms with Gasteiger partial charge >= 0.3 is 0 Å². The van der Waals surface area contributed by atoms with Gasteiger partial charge in [0.2, 0.25) is 0 Å². The van der Waals surface area contributed by atoms with Gasteiger partial charge in [-0.3, -0.25) is 14.7 Å². The number of furan rings is 1. The van der Waals surface area contributed by atoms with E-state index in [1.807, 2.05) is 6.92 Å². The maximum absolute atomic E-state index is 13.5. The molecule has 0 unspecified atom stereocenters. The number of aromatic amines is 1. The van der Waals surface area contributed by atoms with Gasteiger partial charge in [0.15, 0.2) is 5.65 Å². The summed E-state index contributed by atoms with van der Waals surface area (Å²) in [4.78, 5) is 34.1. The van der Waals surface area contributed by atoms with Gasteiger partial charge in [0.25, 0.3) is 11.8 Å². The summed E-state index contributed by atoms with van der Waals surface area (Å²) in [6.45, 7) is 3.58. The van der Waals surface area contributed by atoms with Crippen LogP contribution in [0.2, 0.25) is 0 Å². The first-order chi connectivity index (χ1) is 15.5. The quantitative estimate of drug-likeness (QED) is 0.515. The Bertz CT molecular complexity index is 1290. The second-order valence-electron chi connectivity index (χ2n) is 7.73. The molecule has 32 heavy (non-hydrogen) atoms. The molecule has 1 aromatic carbocycles. The summed E-state index contributed by atoms with van der Waals surface area (Å²) in [7, 11) is 0. The van der Waals surface area contributed by atoms with Crippen LogP contribution in [0.15, 0.2) is 53.3 Å². The molecule has 0 aliphatic carbocycles. The van der Waals surface area contributed by atoms with E-state index in [9.17, 15) is 14.7 Å². The average molecular weight is 431 g/mol. The molecule has 1 fully saturated rings. The number of hydrogen-bond donors (Lipinski definition) is 2. The third-order valence-electron chi connectivity index (χ3n) is 5.73. The lowest BCUT2D eigenvalue weighted by Crippen LogP contribution is -2.50. The van der Waals surface area contributed by atoms with Crippen molar-refractivity contribution in [1.82, 2.24) is 25.0 Å². The molecular formula is C23H21N5O4. The number of aromatic nitrogens is 3. The maximum Gasteiger partial charge on any atom is 0.257 e. The van der Waals surface area contributed by atoms with Gasteiger partial charge in [-0.05, 0) is 43.3 Å². The Morgan fingerprint density at radius 2 is 1.72 bits per heavy atom. The highest BCUT2D eigenvalue weighted by molar-refractivity contribution is 6.07. The first-order valence-electron chi connectivity index (χ1n) is 10.3. The van der Waals surface area contributed by atoms with Gasteiger partial charge in [0.05, 0.1) is 34.2 Å². The van der Waals surface area contributed by atoms with Gasteiger partial charge in [0, 0.05) is 31.7 Å². The predicted octanol–water partition coefficient (Wildman–Crippen LogP) is 2.83. The monoisotopic (exact) mass is 431 g/mol. The van der Waals surface area contributed by atoms with Gasteiger partial charge in [0.1, 0.15) is 12.0 Å². The summed E-state index contributed by atoms with van der Waals surface area (Å²) in [6.07, 6.45) is 2.90. The molecule has 1 saturated heterocycles. The zero-order valence-corrected chi connectivity index (χ0v) is 17.4. The molecule has 1 aliphatic heterocycles. The van der Waals surface area contributed by atoms with Crippen LogP contribution in [0.4, 0.5) is 0 Å². The van der Waals surface area contributed by atoms with Crippen molar-refractivity contribution in [2.45, 2.75) is 6.92 Å². The van der Waals surface area contributed by atoms with Crippen molar-refractivity contribution < 1.29 is 19.1 Å². The number of carbonyl (C=O) groups is 2. The van der Waals surface area contributed by atoms with E-state index in [2.05, 4.69) is 15.2 Å². The number of benzene rings is 1. The Morgan fingerprint density at radius 1 is 1.03 bits per heavy atom. The normalized spacial score (nSPS) is 14.2. The Kier molecular flexibility index (Phi) is 4.85. The summed E-state index contributed by atoms with van der Waals surface area (Å²) >= 11 is 0. The Balaban J connectivity index is 1.42. The van der Waals surface area contributed by atoms with Crippen molar-refractivity contribution in [2.24, 2.45) is 0 Å². The van der Waals surface area contributed by atoms with E-state index in [0.29, 0.717) is 59.7 Å². The van der Waals surface area contributed by atoms with Crippen LogP contribution in [0, 0.1) is 6.92 Å². The third-order valence-corrected chi connectivity index (χ3v) is 5.73. The summed E-state index contributed by atoms with van der Waals surface area (Å²) in [6, 6.07) is 10.1. The SMILES string of the molecule is Cc1n[nH]c2nc(-c3ccc(O)cc3)cc(C(=O)N3CCN(C(=O)c4ccoc4)CC3)c12. The molecule has 9 heteroatoms. The minimum atomic E-state index is -0.127. The number of fused-ring (bicyclic) bond motifs is 1. The molecule has 2 N–H and O–H groups in total. The molecule has 2 amide bonds. The van der Waals surface area contributed by atoms with E-state index in [4.69, 9.17) is 4.42 Å². The number of aryl methyl sites for hydroxylation is 1. The number of H-pyrrole nitrogens is 1. The average Bonchev–Trinajstić information content (AvgIpc) is 3.49. The van der Waals surface area contributed by atoms with Crippen molar-refractivity contribution in [3.05, 3.63) is 65.7 Å². The molecule has 0 spiro atoms. The fourth-order valence-electron chi connectivity index (χ4n) is 3.99. The summed E-state index contributed by atoms with van der Waals surface area (Å²) in [5.74, 6) is -0.0684. The number of nitrogens with zero attached hydrogens (tertiary/aromatic N) is 4. The summed E-state index contributed by atoms with van der Waals surface area (Å²) in [5.41, 5.74) is 3.64. The first-order valence-corrected chi connectivity index (χ1v) is 10.3. The third kappa shape index (κ3) is 3.47. The lowest BCUT2D eigenvalue weighted by atomic mass is 10.0. The summed E-state index contributed by atoms with van der Waals surface area (Å²) < 4.78 is 5.00. The van der Waals surface area contributed by atoms with Crippen LogP contribution in [0.1, 0.15) is 26.4 Å². The maximum atomic E-state index is 13.5. The molecule has 4 aromatic rings. The largest absolute Gasteiger partial charge is 0.508 e. The summed E-state index contributed by atoms with van der Waals surface area (Å²) in [5, 5.41) is 17.4. The minimum absolute atomic E-state index is 0.0996. The number of carbonyl (C=O) groups excluding carboxylic acids is 2. The van der Waals surface area contributed by atoms with Crippen LogP contribution < -0.4 is 0 Å². The fourth-order valence-corrected chi connectivity index (χ4v) is 3.99. The molecule has 0 bridgehead atoms. The number of aromatic hydroxyl groups is 1. The van der Waals surface area contributed by atoms with Crippen molar-refractivity contribution in [2.75, 3.05) is 26.2 Å². The molecule has 5 rings (SSSR count). The highest BCUT2D eigenvalue weighted by atomic mass is 16.3. The van der Waals surface area contributed by atoms with Crippen molar-refractivity contribution in [3.8, 4) is 17.0 Å². The Morgan fingerprint density at radius 3 is 2.38 bits per heavy atom. The smallest absolute Gasteiger partial charge is 0.257 e. The zero-order valence-electron chi connectivity index (χ0n) is 17.4. The fraction of sp³-hybridized carbons (Fsp3) is 0.217. The van der Waals surface area contributed by atoms with Crippen molar-refractivity contribution >= 4 is 22.8 Å². The van der Waals surface area contributed by atoms with Gasteiger partial charge in [-0.1, -0.05) is 0 Å². The van der Waals surface area contributed by atoms with E-state index in [0.717, 1.165) is 5.56 Å². The lowest BCUT2D eigenvalue weighted by molar-refractivity contribution is 0.0536. The molecule has 0 saturated carbocycles. The van der Waals surface area contributed by atoms with Crippen LogP contribution >= 0.6 is 0 Å². The topological polar surface area (TPSA) is 116 Å². The number of hydrogen-bond acceptors (Lipinski definition) is 6. The standard InChI is InChI=1S/C23H21N5O4/c1-14-20-18(12-19(24-21(20)26-25-14)15-2-4-17(29)5-3-15)23(31)28-9-7-27(8-10-28)22(30)16-6-11-32-13-16/h2-6,11-13,29H,7-10H2,1H3,(H,24,25,26). The van der Waals surface area contributed by atoms with Gasteiger partial charge in [-0.15, -0.1) is 0 Å². The second kappa shape index (κ2) is 7.84. The number of phenols is 1.